The van der Waals surface area contributed by atoms with E-state index in [0.29, 0.717) is 12.4 Å². The van der Waals surface area contributed by atoms with E-state index in [-0.39, 0.29) is 5.91 Å². The fourth-order valence-electron chi connectivity index (χ4n) is 2.70. The van der Waals surface area contributed by atoms with Crippen molar-refractivity contribution in [1.29, 1.82) is 0 Å². The van der Waals surface area contributed by atoms with E-state index in [9.17, 15) is 4.79 Å². The zero-order valence-electron chi connectivity index (χ0n) is 12.7. The molecule has 3 rings (SSSR count). The lowest BCUT2D eigenvalue weighted by atomic mass is 9.99. The van der Waals surface area contributed by atoms with Gasteiger partial charge < -0.3 is 0 Å². The Kier molecular flexibility index (Phi) is 4.48. The molecule has 1 aromatic heterocycles. The first-order valence-electron chi connectivity index (χ1n) is 7.69. The molecule has 1 aliphatic rings. The average molecular weight is 299 g/mol. The fourth-order valence-corrected chi connectivity index (χ4v) is 2.70. The molecule has 0 radical (unpaired) electrons. The molecule has 22 heavy (non-hydrogen) atoms. The van der Waals surface area contributed by atoms with Gasteiger partial charge in [-0.1, -0.05) is 19.1 Å². The summed E-state index contributed by atoms with van der Waals surface area (Å²) in [6, 6.07) is 7.69. The number of hydrazine groups is 1. The molecule has 116 valence electrons. The molecule has 0 saturated carbocycles. The third-order valence-electron chi connectivity index (χ3n) is 4.11. The minimum absolute atomic E-state index is 0.0442. The lowest BCUT2D eigenvalue weighted by molar-refractivity contribution is -0.122. The van der Waals surface area contributed by atoms with E-state index in [1.165, 1.54) is 6.33 Å². The van der Waals surface area contributed by atoms with Crippen LogP contribution in [0.15, 0.2) is 30.6 Å². The van der Waals surface area contributed by atoms with Crippen LogP contribution in [0.4, 0.5) is 5.82 Å². The number of para-hydroxylation sites is 1. The SMILES string of the molecule is CC1CCN(CC(=O)NNc2ncnc3ccccc23)CC1. The Morgan fingerprint density at radius 1 is 1.27 bits per heavy atom. The zero-order valence-corrected chi connectivity index (χ0v) is 12.7. The van der Waals surface area contributed by atoms with E-state index in [4.69, 9.17) is 0 Å². The first-order valence-corrected chi connectivity index (χ1v) is 7.69. The molecule has 1 amide bonds. The number of carbonyl (C=O) groups is 1. The molecule has 2 N–H and O–H groups in total. The highest BCUT2D eigenvalue weighted by molar-refractivity contribution is 5.89. The monoisotopic (exact) mass is 299 g/mol. The number of nitrogens with zero attached hydrogens (tertiary/aromatic N) is 3. The third kappa shape index (κ3) is 3.51. The lowest BCUT2D eigenvalue weighted by Gasteiger charge is -2.29. The van der Waals surface area contributed by atoms with Crippen molar-refractivity contribution >= 4 is 22.6 Å². The number of piperidine rings is 1. The summed E-state index contributed by atoms with van der Waals surface area (Å²) in [5.41, 5.74) is 6.48. The van der Waals surface area contributed by atoms with Crippen LogP contribution in [0.2, 0.25) is 0 Å². The number of likely N-dealkylation sites (tertiary alicyclic amines) is 1. The van der Waals surface area contributed by atoms with Crippen LogP contribution in [0.3, 0.4) is 0 Å². The second kappa shape index (κ2) is 6.70. The Bertz CT molecular complexity index is 647. The van der Waals surface area contributed by atoms with Crippen molar-refractivity contribution in [1.82, 2.24) is 20.3 Å². The zero-order chi connectivity index (χ0) is 15.4. The van der Waals surface area contributed by atoms with E-state index in [1.807, 2.05) is 24.3 Å². The number of carbonyl (C=O) groups excluding carboxylic acids is 1. The van der Waals surface area contributed by atoms with Gasteiger partial charge in [-0.3, -0.25) is 20.5 Å². The maximum atomic E-state index is 12.0. The fraction of sp³-hybridized carbons (Fsp3) is 0.438. The van der Waals surface area contributed by atoms with Gasteiger partial charge in [-0.15, -0.1) is 0 Å². The average Bonchev–Trinajstić information content (AvgIpc) is 2.55. The lowest BCUT2D eigenvalue weighted by Crippen LogP contribution is -2.42. The summed E-state index contributed by atoms with van der Waals surface area (Å²) in [7, 11) is 0. The number of benzene rings is 1. The summed E-state index contributed by atoms with van der Waals surface area (Å²) in [5, 5.41) is 0.886. The number of hydrogen-bond acceptors (Lipinski definition) is 5. The minimum Gasteiger partial charge on any atom is -0.294 e. The maximum absolute atomic E-state index is 12.0. The molecule has 0 spiro atoms. The molecule has 1 aromatic carbocycles. The predicted molar refractivity (Wildman–Crippen MR) is 86.1 cm³/mol. The van der Waals surface area contributed by atoms with Gasteiger partial charge in [0.15, 0.2) is 5.82 Å². The van der Waals surface area contributed by atoms with Crippen molar-refractivity contribution in [2.24, 2.45) is 5.92 Å². The van der Waals surface area contributed by atoms with Crippen molar-refractivity contribution in [3.63, 3.8) is 0 Å². The Hall–Kier alpha value is -2.21. The second-order valence-corrected chi connectivity index (χ2v) is 5.87. The summed E-state index contributed by atoms with van der Waals surface area (Å²) < 4.78 is 0. The number of anilines is 1. The summed E-state index contributed by atoms with van der Waals surface area (Å²) in [6.07, 6.45) is 3.82. The standard InChI is InChI=1S/C16H21N5O/c1-12-6-8-21(9-7-12)10-15(22)19-20-16-13-4-2-3-5-14(13)17-11-18-16/h2-5,11-12H,6-10H2,1H3,(H,19,22)(H,17,18,20). The number of fused-ring (bicyclic) bond motifs is 1. The molecule has 1 fully saturated rings. The van der Waals surface area contributed by atoms with Gasteiger partial charge >= 0.3 is 0 Å². The Balaban J connectivity index is 1.56. The van der Waals surface area contributed by atoms with Crippen molar-refractivity contribution in [2.75, 3.05) is 25.1 Å². The van der Waals surface area contributed by atoms with Crippen molar-refractivity contribution < 1.29 is 4.79 Å². The molecule has 0 aliphatic carbocycles. The van der Waals surface area contributed by atoms with Gasteiger partial charge in [0.25, 0.3) is 5.91 Å². The van der Waals surface area contributed by atoms with Gasteiger partial charge in [-0.25, -0.2) is 9.97 Å². The molecule has 2 aromatic rings. The van der Waals surface area contributed by atoms with Gasteiger partial charge in [0.05, 0.1) is 12.1 Å². The van der Waals surface area contributed by atoms with Crippen molar-refractivity contribution in [3.05, 3.63) is 30.6 Å². The summed E-state index contributed by atoms with van der Waals surface area (Å²) in [6.45, 7) is 4.66. The summed E-state index contributed by atoms with van der Waals surface area (Å²) in [5.74, 6) is 1.34. The molecule has 2 heterocycles. The van der Waals surface area contributed by atoms with Gasteiger partial charge in [0.2, 0.25) is 0 Å². The van der Waals surface area contributed by atoms with E-state index < -0.39 is 0 Å². The van der Waals surface area contributed by atoms with Crippen LogP contribution in [-0.2, 0) is 4.79 Å². The number of aromatic nitrogens is 2. The van der Waals surface area contributed by atoms with E-state index in [2.05, 4.69) is 32.6 Å². The van der Waals surface area contributed by atoms with Gasteiger partial charge in [0.1, 0.15) is 6.33 Å². The van der Waals surface area contributed by atoms with Crippen LogP contribution in [0.25, 0.3) is 10.9 Å². The number of rotatable bonds is 4. The third-order valence-corrected chi connectivity index (χ3v) is 4.11. The molecule has 0 unspecified atom stereocenters. The highest BCUT2D eigenvalue weighted by Crippen LogP contribution is 2.17. The number of amides is 1. The highest BCUT2D eigenvalue weighted by atomic mass is 16.2. The summed E-state index contributed by atoms with van der Waals surface area (Å²) in [4.78, 5) is 22.6. The number of nitrogens with one attached hydrogen (secondary N) is 2. The van der Waals surface area contributed by atoms with E-state index >= 15 is 0 Å². The molecule has 0 bridgehead atoms. The van der Waals surface area contributed by atoms with Crippen molar-refractivity contribution in [2.45, 2.75) is 19.8 Å². The first-order chi connectivity index (χ1) is 10.7. The quantitative estimate of drug-likeness (QED) is 0.843. The topological polar surface area (TPSA) is 70.2 Å². The van der Waals surface area contributed by atoms with Crippen molar-refractivity contribution in [3.8, 4) is 0 Å². The number of hydrogen-bond donors (Lipinski definition) is 2. The Labute approximate surface area is 129 Å². The predicted octanol–water partition coefficient (Wildman–Crippen LogP) is 1.80. The molecule has 6 nitrogen and oxygen atoms in total. The van der Waals surface area contributed by atoms with Crippen LogP contribution >= 0.6 is 0 Å². The van der Waals surface area contributed by atoms with Crippen LogP contribution in [0.5, 0.6) is 0 Å². The second-order valence-electron chi connectivity index (χ2n) is 5.87. The first kappa shape index (κ1) is 14.7. The molecular formula is C16H21N5O. The van der Waals surface area contributed by atoms with E-state index in [1.54, 1.807) is 0 Å². The molecule has 6 heteroatoms. The van der Waals surface area contributed by atoms with Crippen LogP contribution < -0.4 is 10.9 Å². The molecular weight excluding hydrogens is 278 g/mol. The van der Waals surface area contributed by atoms with Gasteiger partial charge in [-0.05, 0) is 44.0 Å². The largest absolute Gasteiger partial charge is 0.294 e. The van der Waals surface area contributed by atoms with Gasteiger partial charge in [0, 0.05) is 5.39 Å². The highest BCUT2D eigenvalue weighted by Gasteiger charge is 2.17. The van der Waals surface area contributed by atoms with E-state index in [0.717, 1.165) is 42.8 Å². The maximum Gasteiger partial charge on any atom is 0.252 e. The Morgan fingerprint density at radius 3 is 2.86 bits per heavy atom. The Morgan fingerprint density at radius 2 is 2.05 bits per heavy atom. The minimum atomic E-state index is -0.0442. The molecule has 1 saturated heterocycles. The molecule has 1 aliphatic heterocycles. The molecule has 0 atom stereocenters. The summed E-state index contributed by atoms with van der Waals surface area (Å²) >= 11 is 0. The smallest absolute Gasteiger partial charge is 0.252 e. The van der Waals surface area contributed by atoms with Crippen LogP contribution in [-0.4, -0.2) is 40.4 Å². The van der Waals surface area contributed by atoms with Crippen LogP contribution in [0, 0.1) is 5.92 Å². The normalized spacial score (nSPS) is 16.6. The van der Waals surface area contributed by atoms with Gasteiger partial charge in [-0.2, -0.15) is 0 Å². The van der Waals surface area contributed by atoms with Crippen LogP contribution in [0.1, 0.15) is 19.8 Å².